The molecule has 0 aliphatic rings. The van der Waals surface area contributed by atoms with Crippen molar-refractivity contribution in [3.05, 3.63) is 0 Å². The number of carbonyl (C=O) groups is 1. The molecule has 0 bridgehead atoms. The Bertz CT molecular complexity index is 249. The Kier molecular flexibility index (Phi) is 17.2. The maximum Gasteiger partial charge on any atom is 0.219 e. The predicted octanol–water partition coefficient (Wildman–Crippen LogP) is 2.11. The van der Waals surface area contributed by atoms with Crippen LogP contribution in [0.5, 0.6) is 0 Å². The normalized spacial score (nSPS) is 11.1. The lowest BCUT2D eigenvalue weighted by atomic mass is 10.2. The molecular weight excluding hydrogens is 288 g/mol. The van der Waals surface area contributed by atoms with Gasteiger partial charge in [0.2, 0.25) is 5.91 Å². The molecule has 0 saturated heterocycles. The predicted molar refractivity (Wildman–Crippen MR) is 99.7 cm³/mol. The molecule has 0 fully saturated rings. The van der Waals surface area contributed by atoms with Gasteiger partial charge in [-0.15, -0.1) is 0 Å². The van der Waals surface area contributed by atoms with Crippen molar-refractivity contribution in [3.63, 3.8) is 0 Å². The molecule has 4 N–H and O–H groups in total. The standard InChI is InChI=1S/C18H40N4O/c1-3-5-6-9-15-22(17-14-20-13-11-19)16-10-7-8-12-21-18(23)4-2/h20H,3-17,19H2,1-2H3,(H,21,23). The van der Waals surface area contributed by atoms with Crippen molar-refractivity contribution in [1.29, 1.82) is 0 Å². The monoisotopic (exact) mass is 328 g/mol. The van der Waals surface area contributed by atoms with Crippen LogP contribution in [0.3, 0.4) is 0 Å². The molecule has 0 aliphatic heterocycles. The summed E-state index contributed by atoms with van der Waals surface area (Å²) in [7, 11) is 0. The average molecular weight is 329 g/mol. The third-order valence-electron chi connectivity index (χ3n) is 4.05. The van der Waals surface area contributed by atoms with E-state index in [-0.39, 0.29) is 5.91 Å². The van der Waals surface area contributed by atoms with E-state index in [1.807, 2.05) is 6.92 Å². The van der Waals surface area contributed by atoms with Crippen LogP contribution in [0.25, 0.3) is 0 Å². The molecule has 0 aromatic carbocycles. The van der Waals surface area contributed by atoms with E-state index in [2.05, 4.69) is 22.5 Å². The number of carbonyl (C=O) groups excluding carboxylic acids is 1. The summed E-state index contributed by atoms with van der Waals surface area (Å²) in [6, 6.07) is 0. The van der Waals surface area contributed by atoms with Crippen LogP contribution in [0.15, 0.2) is 0 Å². The van der Waals surface area contributed by atoms with Gasteiger partial charge in [0.25, 0.3) is 0 Å². The second-order valence-electron chi connectivity index (χ2n) is 6.21. The van der Waals surface area contributed by atoms with E-state index in [4.69, 9.17) is 5.73 Å². The Morgan fingerprint density at radius 1 is 0.870 bits per heavy atom. The number of rotatable bonds is 17. The van der Waals surface area contributed by atoms with Crippen LogP contribution in [-0.2, 0) is 4.79 Å². The SMILES string of the molecule is CCCCCCN(CCCCCNC(=O)CC)CCNCCN. The third-order valence-corrected chi connectivity index (χ3v) is 4.05. The fraction of sp³-hybridized carbons (Fsp3) is 0.944. The maximum absolute atomic E-state index is 11.2. The van der Waals surface area contributed by atoms with Gasteiger partial charge in [0.15, 0.2) is 0 Å². The van der Waals surface area contributed by atoms with Crippen LogP contribution in [-0.4, -0.2) is 56.6 Å². The molecule has 0 heterocycles. The number of unbranched alkanes of at least 4 members (excludes halogenated alkanes) is 5. The van der Waals surface area contributed by atoms with E-state index >= 15 is 0 Å². The summed E-state index contributed by atoms with van der Waals surface area (Å²) in [4.78, 5) is 13.7. The first-order chi connectivity index (χ1) is 11.2. The van der Waals surface area contributed by atoms with Crippen molar-refractivity contribution in [3.8, 4) is 0 Å². The average Bonchev–Trinajstić information content (AvgIpc) is 2.57. The first kappa shape index (κ1) is 22.4. The molecular formula is C18H40N4O. The third kappa shape index (κ3) is 16.0. The minimum Gasteiger partial charge on any atom is -0.356 e. The van der Waals surface area contributed by atoms with Gasteiger partial charge in [-0.3, -0.25) is 4.79 Å². The molecule has 1 amide bonds. The van der Waals surface area contributed by atoms with E-state index in [9.17, 15) is 4.79 Å². The maximum atomic E-state index is 11.2. The van der Waals surface area contributed by atoms with Crippen molar-refractivity contribution in [1.82, 2.24) is 15.5 Å². The lowest BCUT2D eigenvalue weighted by molar-refractivity contribution is -0.120. The number of hydrogen-bond acceptors (Lipinski definition) is 4. The highest BCUT2D eigenvalue weighted by molar-refractivity contribution is 5.75. The summed E-state index contributed by atoms with van der Waals surface area (Å²) < 4.78 is 0. The summed E-state index contributed by atoms with van der Waals surface area (Å²) in [6.07, 6.45) is 9.35. The first-order valence-corrected chi connectivity index (χ1v) is 9.64. The summed E-state index contributed by atoms with van der Waals surface area (Å²) in [5.41, 5.74) is 5.51. The van der Waals surface area contributed by atoms with E-state index < -0.39 is 0 Å². The Balaban J connectivity index is 3.74. The van der Waals surface area contributed by atoms with Crippen molar-refractivity contribution in [2.24, 2.45) is 5.73 Å². The lowest BCUT2D eigenvalue weighted by Gasteiger charge is -2.22. The molecule has 0 atom stereocenters. The van der Waals surface area contributed by atoms with Gasteiger partial charge < -0.3 is 21.3 Å². The molecule has 0 aliphatic carbocycles. The minimum absolute atomic E-state index is 0.161. The van der Waals surface area contributed by atoms with Crippen LogP contribution in [0.4, 0.5) is 0 Å². The van der Waals surface area contributed by atoms with Gasteiger partial charge in [-0.1, -0.05) is 39.5 Å². The zero-order chi connectivity index (χ0) is 17.2. The van der Waals surface area contributed by atoms with Crippen LogP contribution >= 0.6 is 0 Å². The summed E-state index contributed by atoms with van der Waals surface area (Å²) in [5.74, 6) is 0.161. The molecule has 0 spiro atoms. The van der Waals surface area contributed by atoms with Crippen LogP contribution in [0.1, 0.15) is 65.2 Å². The van der Waals surface area contributed by atoms with E-state index in [1.165, 1.54) is 45.1 Å². The fourth-order valence-electron chi connectivity index (χ4n) is 2.55. The molecule has 23 heavy (non-hydrogen) atoms. The van der Waals surface area contributed by atoms with Gasteiger partial charge in [-0.25, -0.2) is 0 Å². The van der Waals surface area contributed by atoms with Crippen molar-refractivity contribution in [2.45, 2.75) is 65.2 Å². The van der Waals surface area contributed by atoms with Crippen molar-refractivity contribution in [2.75, 3.05) is 45.8 Å². The molecule has 0 aromatic rings. The number of amides is 1. The minimum atomic E-state index is 0.161. The van der Waals surface area contributed by atoms with Crippen molar-refractivity contribution < 1.29 is 4.79 Å². The van der Waals surface area contributed by atoms with Crippen LogP contribution in [0, 0.1) is 0 Å². The van der Waals surface area contributed by atoms with Gasteiger partial charge in [0.05, 0.1) is 0 Å². The smallest absolute Gasteiger partial charge is 0.219 e. The molecule has 0 radical (unpaired) electrons. The zero-order valence-corrected chi connectivity index (χ0v) is 15.5. The lowest BCUT2D eigenvalue weighted by Crippen LogP contribution is -2.35. The second-order valence-corrected chi connectivity index (χ2v) is 6.21. The number of nitrogens with one attached hydrogen (secondary N) is 2. The van der Waals surface area contributed by atoms with E-state index in [0.29, 0.717) is 13.0 Å². The highest BCUT2D eigenvalue weighted by atomic mass is 16.1. The summed E-state index contributed by atoms with van der Waals surface area (Å²) >= 11 is 0. The Morgan fingerprint density at radius 3 is 2.17 bits per heavy atom. The highest BCUT2D eigenvalue weighted by Crippen LogP contribution is 2.04. The molecule has 0 rings (SSSR count). The Labute approximate surface area is 143 Å². The molecule has 5 heteroatoms. The molecule has 138 valence electrons. The Morgan fingerprint density at radius 2 is 1.57 bits per heavy atom. The van der Waals surface area contributed by atoms with Gasteiger partial charge in [0.1, 0.15) is 0 Å². The number of hydrogen-bond donors (Lipinski definition) is 3. The van der Waals surface area contributed by atoms with Gasteiger partial charge >= 0.3 is 0 Å². The van der Waals surface area contributed by atoms with Gasteiger partial charge in [-0.2, -0.15) is 0 Å². The molecule has 0 aromatic heterocycles. The molecule has 0 saturated carbocycles. The zero-order valence-electron chi connectivity index (χ0n) is 15.5. The van der Waals surface area contributed by atoms with E-state index in [1.54, 1.807) is 0 Å². The van der Waals surface area contributed by atoms with Crippen molar-refractivity contribution >= 4 is 5.91 Å². The topological polar surface area (TPSA) is 70.4 Å². The number of nitrogens with two attached hydrogens (primary N) is 1. The van der Waals surface area contributed by atoms with Gasteiger partial charge in [-0.05, 0) is 32.4 Å². The fourth-order valence-corrected chi connectivity index (χ4v) is 2.55. The summed E-state index contributed by atoms with van der Waals surface area (Å²) in [5, 5.41) is 6.33. The number of nitrogens with zero attached hydrogens (tertiary/aromatic N) is 1. The first-order valence-electron chi connectivity index (χ1n) is 9.64. The van der Waals surface area contributed by atoms with Crippen LogP contribution in [0.2, 0.25) is 0 Å². The Hall–Kier alpha value is -0.650. The molecule has 0 unspecified atom stereocenters. The van der Waals surface area contributed by atoms with E-state index in [0.717, 1.165) is 39.1 Å². The van der Waals surface area contributed by atoms with Crippen LogP contribution < -0.4 is 16.4 Å². The highest BCUT2D eigenvalue weighted by Gasteiger charge is 2.04. The largest absolute Gasteiger partial charge is 0.356 e. The van der Waals surface area contributed by atoms with Gasteiger partial charge in [0, 0.05) is 39.1 Å². The second kappa shape index (κ2) is 17.7. The molecule has 5 nitrogen and oxygen atoms in total. The summed E-state index contributed by atoms with van der Waals surface area (Å²) in [6.45, 7) is 11.1. The quantitative estimate of drug-likeness (QED) is 0.358.